The van der Waals surface area contributed by atoms with Crippen LogP contribution < -0.4 is 0 Å². The van der Waals surface area contributed by atoms with Crippen LogP contribution in [0.1, 0.15) is 239 Å². The molecule has 0 aromatic carbocycles. The van der Waals surface area contributed by atoms with Gasteiger partial charge in [-0.05, 0) is 96.3 Å². The van der Waals surface area contributed by atoms with Crippen LogP contribution in [0.25, 0.3) is 0 Å². The second kappa shape index (κ2) is 56.4. The molecule has 0 unspecified atom stereocenters. The van der Waals surface area contributed by atoms with Crippen LogP contribution in [0.15, 0.2) is 122 Å². The number of esters is 3. The largest absolute Gasteiger partial charge is 0.462 e. The van der Waals surface area contributed by atoms with Gasteiger partial charge < -0.3 is 14.2 Å². The lowest BCUT2D eigenvalue weighted by Gasteiger charge is -2.18. The van der Waals surface area contributed by atoms with E-state index >= 15 is 0 Å². The van der Waals surface area contributed by atoms with Gasteiger partial charge in [-0.2, -0.15) is 0 Å². The fourth-order valence-electron chi connectivity index (χ4n) is 7.34. The van der Waals surface area contributed by atoms with Crippen molar-refractivity contribution in [2.75, 3.05) is 13.2 Å². The zero-order valence-electron chi connectivity index (χ0n) is 44.5. The maximum atomic E-state index is 12.8. The van der Waals surface area contributed by atoms with Gasteiger partial charge in [0.1, 0.15) is 13.2 Å². The highest BCUT2D eigenvalue weighted by atomic mass is 16.6. The van der Waals surface area contributed by atoms with Crippen molar-refractivity contribution < 1.29 is 28.6 Å². The molecule has 0 spiro atoms. The van der Waals surface area contributed by atoms with E-state index in [4.69, 9.17) is 14.2 Å². The van der Waals surface area contributed by atoms with Crippen molar-refractivity contribution in [1.29, 1.82) is 0 Å². The topological polar surface area (TPSA) is 78.9 Å². The molecule has 390 valence electrons. The van der Waals surface area contributed by atoms with Crippen molar-refractivity contribution in [2.45, 2.75) is 245 Å². The van der Waals surface area contributed by atoms with Crippen LogP contribution in [0.4, 0.5) is 0 Å². The standard InChI is InChI=1S/C63H102O6/c1-4-7-10-13-16-19-22-25-28-30-31-33-36-39-42-45-48-51-54-57-63(66)69-60(58-67-61(64)55-52-49-46-43-40-37-34-27-24-21-18-15-12-9-6-3)59-68-62(65)56-53-50-47-44-41-38-35-32-29-26-23-20-17-14-11-8-5-2/h7-8,10-11,16-17,19-20,25-26,28-29,31,33,35,38-39,42,48,51,60H,4-6,9,12-15,18,21-24,27,30,32,34,36-37,40-41,43-47,49-50,52-59H2,1-3H3/b10-7-,11-8-,19-16-,20-17-,28-25-,29-26-,33-31-,38-35-,42-39-,51-48-/t60-/m0/s1. The van der Waals surface area contributed by atoms with Crippen molar-refractivity contribution in [1.82, 2.24) is 0 Å². The minimum absolute atomic E-state index is 0.117. The van der Waals surface area contributed by atoms with Gasteiger partial charge in [-0.15, -0.1) is 0 Å². The molecular formula is C63H102O6. The molecule has 0 saturated heterocycles. The maximum absolute atomic E-state index is 12.8. The SMILES string of the molecule is CC/C=C\C/C=C\C/C=C\C/C=C\C/C=C\C/C=C\CCC(=O)O[C@H](COC(=O)CCCCCC/C=C\C/C=C\C/C=C\C/C=C\CC)COC(=O)CCCCCCCCCCCCCCCCC. The van der Waals surface area contributed by atoms with Crippen molar-refractivity contribution in [3.05, 3.63) is 122 Å². The summed E-state index contributed by atoms with van der Waals surface area (Å²) in [7, 11) is 0. The summed E-state index contributed by atoms with van der Waals surface area (Å²) >= 11 is 0. The Morgan fingerprint density at radius 1 is 0.304 bits per heavy atom. The monoisotopic (exact) mass is 955 g/mol. The van der Waals surface area contributed by atoms with Crippen LogP contribution >= 0.6 is 0 Å². The van der Waals surface area contributed by atoms with Crippen LogP contribution in [-0.4, -0.2) is 37.2 Å². The number of ether oxygens (including phenoxy) is 3. The van der Waals surface area contributed by atoms with E-state index in [1.807, 2.05) is 12.2 Å². The van der Waals surface area contributed by atoms with E-state index < -0.39 is 12.1 Å². The highest BCUT2D eigenvalue weighted by Crippen LogP contribution is 2.15. The smallest absolute Gasteiger partial charge is 0.306 e. The van der Waals surface area contributed by atoms with Gasteiger partial charge in [-0.3, -0.25) is 14.4 Å². The molecule has 0 aliphatic carbocycles. The molecule has 0 radical (unpaired) electrons. The molecule has 6 heteroatoms. The summed E-state index contributed by atoms with van der Waals surface area (Å²) < 4.78 is 16.8. The van der Waals surface area contributed by atoms with Gasteiger partial charge in [0, 0.05) is 19.3 Å². The molecule has 0 rings (SSSR count). The molecule has 0 aliphatic heterocycles. The molecule has 0 N–H and O–H groups in total. The summed E-state index contributed by atoms with van der Waals surface area (Å²) in [5, 5.41) is 0. The van der Waals surface area contributed by atoms with Gasteiger partial charge >= 0.3 is 17.9 Å². The predicted octanol–water partition coefficient (Wildman–Crippen LogP) is 18.9. The lowest BCUT2D eigenvalue weighted by molar-refractivity contribution is -0.166. The molecule has 0 bridgehead atoms. The molecular weight excluding hydrogens is 853 g/mol. The number of rotatable bonds is 49. The van der Waals surface area contributed by atoms with E-state index in [-0.39, 0.29) is 31.6 Å². The van der Waals surface area contributed by atoms with E-state index in [9.17, 15) is 14.4 Å². The predicted molar refractivity (Wildman–Crippen MR) is 297 cm³/mol. The summed E-state index contributed by atoms with van der Waals surface area (Å²) in [6.07, 6.45) is 77.7. The first kappa shape index (κ1) is 64.8. The lowest BCUT2D eigenvalue weighted by Crippen LogP contribution is -2.30. The van der Waals surface area contributed by atoms with Gasteiger partial charge in [-0.25, -0.2) is 0 Å². The molecule has 69 heavy (non-hydrogen) atoms. The lowest BCUT2D eigenvalue weighted by atomic mass is 10.0. The van der Waals surface area contributed by atoms with E-state index in [1.54, 1.807) is 0 Å². The fraction of sp³-hybridized carbons (Fsp3) is 0.635. The minimum Gasteiger partial charge on any atom is -0.462 e. The van der Waals surface area contributed by atoms with E-state index in [0.717, 1.165) is 116 Å². The van der Waals surface area contributed by atoms with Crippen molar-refractivity contribution in [3.8, 4) is 0 Å². The second-order valence-electron chi connectivity index (χ2n) is 18.1. The maximum Gasteiger partial charge on any atom is 0.306 e. The molecule has 0 heterocycles. The summed E-state index contributed by atoms with van der Waals surface area (Å²) in [4.78, 5) is 38.1. The van der Waals surface area contributed by atoms with Crippen LogP contribution in [-0.2, 0) is 28.6 Å². The van der Waals surface area contributed by atoms with Crippen LogP contribution in [0, 0.1) is 0 Å². The van der Waals surface area contributed by atoms with Crippen LogP contribution in [0.2, 0.25) is 0 Å². The summed E-state index contributed by atoms with van der Waals surface area (Å²) in [6, 6.07) is 0. The van der Waals surface area contributed by atoms with Crippen LogP contribution in [0.5, 0.6) is 0 Å². The van der Waals surface area contributed by atoms with E-state index in [2.05, 4.69) is 130 Å². The number of hydrogen-bond acceptors (Lipinski definition) is 6. The Bertz CT molecular complexity index is 1470. The Kier molecular flexibility index (Phi) is 53.0. The average Bonchev–Trinajstić information content (AvgIpc) is 3.35. The fourth-order valence-corrected chi connectivity index (χ4v) is 7.34. The van der Waals surface area contributed by atoms with Crippen molar-refractivity contribution in [3.63, 3.8) is 0 Å². The number of carbonyl (C=O) groups is 3. The van der Waals surface area contributed by atoms with Crippen LogP contribution in [0.3, 0.4) is 0 Å². The first-order valence-electron chi connectivity index (χ1n) is 28.0. The zero-order valence-corrected chi connectivity index (χ0v) is 44.5. The first-order chi connectivity index (χ1) is 34.0. The zero-order chi connectivity index (χ0) is 50.0. The highest BCUT2D eigenvalue weighted by Gasteiger charge is 2.19. The van der Waals surface area contributed by atoms with Gasteiger partial charge in [0.25, 0.3) is 0 Å². The van der Waals surface area contributed by atoms with E-state index in [0.29, 0.717) is 19.3 Å². The highest BCUT2D eigenvalue weighted by molar-refractivity contribution is 5.71. The third kappa shape index (κ3) is 54.6. The quantitative estimate of drug-likeness (QED) is 0.0262. The molecule has 0 aromatic rings. The molecule has 0 saturated carbocycles. The van der Waals surface area contributed by atoms with Crippen molar-refractivity contribution in [2.24, 2.45) is 0 Å². The number of carbonyl (C=O) groups excluding carboxylic acids is 3. The summed E-state index contributed by atoms with van der Waals surface area (Å²) in [5.41, 5.74) is 0. The Morgan fingerprint density at radius 3 is 0.942 bits per heavy atom. The molecule has 6 nitrogen and oxygen atoms in total. The third-order valence-electron chi connectivity index (χ3n) is 11.5. The molecule has 0 amide bonds. The number of unbranched alkanes of at least 4 members (excludes halogenated alkanes) is 18. The first-order valence-corrected chi connectivity index (χ1v) is 28.0. The van der Waals surface area contributed by atoms with Gasteiger partial charge in [-0.1, -0.05) is 245 Å². The average molecular weight is 956 g/mol. The number of allylic oxidation sites excluding steroid dienone is 20. The minimum atomic E-state index is -0.831. The Morgan fingerprint density at radius 2 is 0.594 bits per heavy atom. The Hall–Kier alpha value is -4.19. The van der Waals surface area contributed by atoms with E-state index in [1.165, 1.54) is 77.0 Å². The molecule has 0 fully saturated rings. The van der Waals surface area contributed by atoms with Gasteiger partial charge in [0.2, 0.25) is 0 Å². The second-order valence-corrected chi connectivity index (χ2v) is 18.1. The summed E-state index contributed by atoms with van der Waals surface area (Å²) in [6.45, 7) is 6.33. The molecule has 1 atom stereocenters. The normalized spacial score (nSPS) is 13.0. The van der Waals surface area contributed by atoms with Gasteiger partial charge in [0.05, 0.1) is 0 Å². The third-order valence-corrected chi connectivity index (χ3v) is 11.5. The Labute approximate surface area is 424 Å². The van der Waals surface area contributed by atoms with Crippen molar-refractivity contribution >= 4 is 17.9 Å². The summed E-state index contributed by atoms with van der Waals surface area (Å²) in [5.74, 6) is -1.03. The Balaban J connectivity index is 4.56. The molecule has 0 aromatic heterocycles. The number of hydrogen-bond donors (Lipinski definition) is 0. The molecule has 0 aliphatic rings. The van der Waals surface area contributed by atoms with Gasteiger partial charge in [0.15, 0.2) is 6.10 Å².